The molecule has 4 heteroatoms. The first kappa shape index (κ1) is 9.49. The predicted molar refractivity (Wildman–Crippen MR) is 61.7 cm³/mol. The van der Waals surface area contributed by atoms with Crippen LogP contribution >= 0.6 is 22.9 Å². The Labute approximate surface area is 91.4 Å². The average Bonchev–Trinajstić information content (AvgIpc) is 2.51. The van der Waals surface area contributed by atoms with E-state index in [2.05, 4.69) is 4.98 Å². The predicted octanol–water partition coefficient (Wildman–Crippen LogP) is 3.35. The van der Waals surface area contributed by atoms with E-state index in [1.807, 2.05) is 30.5 Å². The molecule has 0 amide bonds. The Morgan fingerprint density at radius 2 is 2.21 bits per heavy atom. The number of thiazole rings is 1. The van der Waals surface area contributed by atoms with Crippen molar-refractivity contribution in [1.29, 1.82) is 0 Å². The Hall–Kier alpha value is -1.06. The molecule has 0 bridgehead atoms. The molecule has 0 saturated heterocycles. The van der Waals surface area contributed by atoms with Gasteiger partial charge in [0.2, 0.25) is 0 Å². The van der Waals surface area contributed by atoms with Crippen molar-refractivity contribution >= 4 is 28.1 Å². The van der Waals surface area contributed by atoms with Gasteiger partial charge in [0, 0.05) is 10.9 Å². The highest BCUT2D eigenvalue weighted by Crippen LogP contribution is 2.32. The zero-order valence-electron chi connectivity index (χ0n) is 7.62. The van der Waals surface area contributed by atoms with Crippen molar-refractivity contribution in [3.8, 4) is 11.3 Å². The molecule has 0 fully saturated rings. The topological polar surface area (TPSA) is 38.9 Å². The third-order valence-electron chi connectivity index (χ3n) is 2.00. The van der Waals surface area contributed by atoms with Gasteiger partial charge in [-0.15, -0.1) is 11.3 Å². The summed E-state index contributed by atoms with van der Waals surface area (Å²) in [6, 6.07) is 5.80. The molecule has 1 aromatic heterocycles. The van der Waals surface area contributed by atoms with Crippen LogP contribution in [0.25, 0.3) is 11.3 Å². The van der Waals surface area contributed by atoms with E-state index >= 15 is 0 Å². The molecular formula is C10H9ClN2S. The fourth-order valence-electron chi connectivity index (χ4n) is 1.36. The van der Waals surface area contributed by atoms with Crippen LogP contribution in [0.5, 0.6) is 0 Å². The molecule has 0 saturated carbocycles. The summed E-state index contributed by atoms with van der Waals surface area (Å²) in [5.41, 5.74) is 8.53. The summed E-state index contributed by atoms with van der Waals surface area (Å²) in [6.07, 6.45) is 0. The summed E-state index contributed by atoms with van der Waals surface area (Å²) in [6.45, 7) is 2.01. The van der Waals surface area contributed by atoms with Gasteiger partial charge in [-0.3, -0.25) is 0 Å². The van der Waals surface area contributed by atoms with Crippen LogP contribution in [0.2, 0.25) is 5.02 Å². The SMILES string of the molecule is Cc1cccc(Cl)c1-c1csc(N)n1. The van der Waals surface area contributed by atoms with Crippen molar-refractivity contribution in [3.63, 3.8) is 0 Å². The van der Waals surface area contributed by atoms with E-state index in [4.69, 9.17) is 17.3 Å². The van der Waals surface area contributed by atoms with E-state index in [9.17, 15) is 0 Å². The highest BCUT2D eigenvalue weighted by Gasteiger charge is 2.09. The van der Waals surface area contributed by atoms with Gasteiger partial charge < -0.3 is 5.73 Å². The van der Waals surface area contributed by atoms with Crippen molar-refractivity contribution in [3.05, 3.63) is 34.2 Å². The molecule has 2 rings (SSSR count). The number of anilines is 1. The molecule has 0 unspecified atom stereocenters. The van der Waals surface area contributed by atoms with Crippen molar-refractivity contribution in [2.75, 3.05) is 5.73 Å². The number of hydrogen-bond donors (Lipinski definition) is 1. The Morgan fingerprint density at radius 3 is 2.79 bits per heavy atom. The first-order valence-corrected chi connectivity index (χ1v) is 5.41. The van der Waals surface area contributed by atoms with Gasteiger partial charge in [-0.2, -0.15) is 0 Å². The standard InChI is InChI=1S/C10H9ClN2S/c1-6-3-2-4-7(11)9(6)8-5-14-10(12)13-8/h2-5H,1H3,(H2,12,13). The number of halogens is 1. The number of nitrogens with two attached hydrogens (primary N) is 1. The molecule has 1 aromatic carbocycles. The number of nitrogen functional groups attached to an aromatic ring is 1. The molecule has 2 aromatic rings. The fraction of sp³-hybridized carbons (Fsp3) is 0.100. The first-order valence-electron chi connectivity index (χ1n) is 4.15. The molecule has 0 atom stereocenters. The summed E-state index contributed by atoms with van der Waals surface area (Å²) in [4.78, 5) is 4.21. The number of nitrogens with zero attached hydrogens (tertiary/aromatic N) is 1. The first-order chi connectivity index (χ1) is 6.68. The van der Waals surface area contributed by atoms with E-state index in [1.54, 1.807) is 0 Å². The normalized spacial score (nSPS) is 10.4. The summed E-state index contributed by atoms with van der Waals surface area (Å²) >= 11 is 7.52. The van der Waals surface area contributed by atoms with E-state index in [0.717, 1.165) is 21.8 Å². The number of benzene rings is 1. The largest absolute Gasteiger partial charge is 0.375 e. The van der Waals surface area contributed by atoms with Crippen LogP contribution in [-0.4, -0.2) is 4.98 Å². The second kappa shape index (κ2) is 3.59. The minimum atomic E-state index is 0.569. The van der Waals surface area contributed by atoms with Crippen LogP contribution in [0.1, 0.15) is 5.56 Å². The molecular weight excluding hydrogens is 216 g/mol. The second-order valence-electron chi connectivity index (χ2n) is 3.00. The Kier molecular flexibility index (Phi) is 2.44. The van der Waals surface area contributed by atoms with E-state index in [0.29, 0.717) is 5.13 Å². The molecule has 0 aliphatic heterocycles. The number of aryl methyl sites for hydroxylation is 1. The maximum atomic E-state index is 6.10. The molecule has 2 N–H and O–H groups in total. The Morgan fingerprint density at radius 1 is 1.43 bits per heavy atom. The van der Waals surface area contributed by atoms with Crippen LogP contribution in [0, 0.1) is 6.92 Å². The Bertz CT molecular complexity index is 445. The summed E-state index contributed by atoms with van der Waals surface area (Å²) < 4.78 is 0. The van der Waals surface area contributed by atoms with Gasteiger partial charge >= 0.3 is 0 Å². The average molecular weight is 225 g/mol. The molecule has 14 heavy (non-hydrogen) atoms. The fourth-order valence-corrected chi connectivity index (χ4v) is 2.23. The van der Waals surface area contributed by atoms with Gasteiger partial charge in [-0.1, -0.05) is 23.7 Å². The van der Waals surface area contributed by atoms with Crippen molar-refractivity contribution in [1.82, 2.24) is 4.98 Å². The van der Waals surface area contributed by atoms with Crippen LogP contribution < -0.4 is 5.73 Å². The number of hydrogen-bond acceptors (Lipinski definition) is 3. The molecule has 2 nitrogen and oxygen atoms in total. The van der Waals surface area contributed by atoms with Crippen molar-refractivity contribution in [2.45, 2.75) is 6.92 Å². The molecule has 0 aliphatic rings. The quantitative estimate of drug-likeness (QED) is 0.807. The van der Waals surface area contributed by atoms with Gasteiger partial charge in [0.05, 0.1) is 10.7 Å². The Balaban J connectivity index is 2.61. The monoisotopic (exact) mass is 224 g/mol. The highest BCUT2D eigenvalue weighted by atomic mass is 35.5. The maximum Gasteiger partial charge on any atom is 0.180 e. The molecule has 0 aliphatic carbocycles. The van der Waals surface area contributed by atoms with Crippen LogP contribution in [0.15, 0.2) is 23.6 Å². The number of rotatable bonds is 1. The van der Waals surface area contributed by atoms with Gasteiger partial charge in [0.25, 0.3) is 0 Å². The maximum absolute atomic E-state index is 6.10. The minimum Gasteiger partial charge on any atom is -0.375 e. The zero-order chi connectivity index (χ0) is 10.1. The van der Waals surface area contributed by atoms with Gasteiger partial charge in [0.15, 0.2) is 5.13 Å². The minimum absolute atomic E-state index is 0.569. The lowest BCUT2D eigenvalue weighted by molar-refractivity contribution is 1.37. The van der Waals surface area contributed by atoms with Crippen molar-refractivity contribution in [2.24, 2.45) is 0 Å². The third-order valence-corrected chi connectivity index (χ3v) is 2.99. The lowest BCUT2D eigenvalue weighted by Gasteiger charge is -2.04. The summed E-state index contributed by atoms with van der Waals surface area (Å²) in [5, 5.41) is 3.21. The van der Waals surface area contributed by atoms with Gasteiger partial charge in [0.1, 0.15) is 0 Å². The third kappa shape index (κ3) is 1.61. The van der Waals surface area contributed by atoms with Crippen LogP contribution in [-0.2, 0) is 0 Å². The summed E-state index contributed by atoms with van der Waals surface area (Å²) in [5.74, 6) is 0. The van der Waals surface area contributed by atoms with Crippen LogP contribution in [0.3, 0.4) is 0 Å². The zero-order valence-corrected chi connectivity index (χ0v) is 9.19. The van der Waals surface area contributed by atoms with Gasteiger partial charge in [-0.05, 0) is 18.6 Å². The molecule has 0 spiro atoms. The number of aromatic nitrogens is 1. The highest BCUT2D eigenvalue weighted by molar-refractivity contribution is 7.13. The van der Waals surface area contributed by atoms with E-state index in [1.165, 1.54) is 11.3 Å². The molecule has 72 valence electrons. The van der Waals surface area contributed by atoms with Crippen molar-refractivity contribution < 1.29 is 0 Å². The summed E-state index contributed by atoms with van der Waals surface area (Å²) in [7, 11) is 0. The lowest BCUT2D eigenvalue weighted by atomic mass is 10.1. The lowest BCUT2D eigenvalue weighted by Crippen LogP contribution is -1.86. The smallest absolute Gasteiger partial charge is 0.180 e. The van der Waals surface area contributed by atoms with Gasteiger partial charge in [-0.25, -0.2) is 4.98 Å². The molecule has 0 radical (unpaired) electrons. The van der Waals surface area contributed by atoms with E-state index in [-0.39, 0.29) is 0 Å². The van der Waals surface area contributed by atoms with E-state index < -0.39 is 0 Å². The second-order valence-corrected chi connectivity index (χ2v) is 4.30. The van der Waals surface area contributed by atoms with Crippen LogP contribution in [0.4, 0.5) is 5.13 Å². The molecule has 1 heterocycles.